The molecular formula is C25H37F3N2O2S. The normalized spacial score (nSPS) is 29.2. The Hall–Kier alpha value is -1.28. The van der Waals surface area contributed by atoms with Crippen LogP contribution in [0.4, 0.5) is 18.9 Å². The molecule has 1 aromatic carbocycles. The van der Waals surface area contributed by atoms with Gasteiger partial charge < -0.3 is 4.90 Å². The van der Waals surface area contributed by atoms with Crippen LogP contribution in [0.15, 0.2) is 24.3 Å². The number of piperidine rings is 1. The third-order valence-corrected chi connectivity index (χ3v) is 9.78. The van der Waals surface area contributed by atoms with E-state index in [1.807, 2.05) is 0 Å². The Balaban J connectivity index is 0.000000165. The number of hydrogen-bond donors (Lipinski definition) is 1. The number of fused-ring (bicyclic) bond motifs is 1. The van der Waals surface area contributed by atoms with Crippen LogP contribution in [0.1, 0.15) is 64.7 Å². The standard InChI is InChI=1S/C16H27F2N.C9H10FNO2S/c1-2-13-14-10-19(11-15(13)14)9-3-4-12-5-7-16(17,18)8-6-12;10-7-1-3-8(4-2-7)11-14(12,13)9-5-6-9/h12-15H,2-11H2,1H3;1-4,9,11H,5-6H2. The Morgan fingerprint density at radius 3 is 2.18 bits per heavy atom. The number of anilines is 1. The predicted molar refractivity (Wildman–Crippen MR) is 125 cm³/mol. The molecule has 1 N–H and O–H groups in total. The van der Waals surface area contributed by atoms with Gasteiger partial charge >= 0.3 is 0 Å². The maximum atomic E-state index is 13.1. The molecule has 2 atom stereocenters. The SMILES string of the molecule is CCC1C2CN(CCCC3CCC(F)(F)CC3)CC12.O=S(=O)(Nc1ccc(F)cc1)C1CC1. The molecule has 5 rings (SSSR count). The first-order valence-electron chi connectivity index (χ1n) is 12.5. The van der Waals surface area contributed by atoms with E-state index in [1.54, 1.807) is 0 Å². The van der Waals surface area contributed by atoms with Crippen LogP contribution in [0, 0.1) is 29.5 Å². The van der Waals surface area contributed by atoms with Crippen molar-refractivity contribution in [2.75, 3.05) is 24.4 Å². The van der Waals surface area contributed by atoms with Crippen LogP contribution in [0.5, 0.6) is 0 Å². The number of rotatable bonds is 8. The second-order valence-corrected chi connectivity index (χ2v) is 12.4. The molecule has 1 aliphatic heterocycles. The molecule has 0 spiro atoms. The van der Waals surface area contributed by atoms with Gasteiger partial charge in [0.15, 0.2) is 0 Å². The van der Waals surface area contributed by atoms with Crippen LogP contribution in [0.2, 0.25) is 0 Å². The molecule has 3 saturated carbocycles. The van der Waals surface area contributed by atoms with Crippen molar-refractivity contribution >= 4 is 15.7 Å². The van der Waals surface area contributed by atoms with Gasteiger partial charge in [0, 0.05) is 31.6 Å². The van der Waals surface area contributed by atoms with Crippen molar-refractivity contribution in [1.82, 2.24) is 4.90 Å². The average molecular weight is 487 g/mol. The third-order valence-electron chi connectivity index (χ3n) is 7.91. The number of alkyl halides is 2. The van der Waals surface area contributed by atoms with E-state index in [1.165, 1.54) is 63.2 Å². The third kappa shape index (κ3) is 6.87. The lowest BCUT2D eigenvalue weighted by molar-refractivity contribution is -0.0468. The second kappa shape index (κ2) is 10.1. The van der Waals surface area contributed by atoms with Crippen LogP contribution in [0.3, 0.4) is 0 Å². The minimum absolute atomic E-state index is 0.129. The van der Waals surface area contributed by atoms with Gasteiger partial charge in [-0.25, -0.2) is 21.6 Å². The summed E-state index contributed by atoms with van der Waals surface area (Å²) in [5, 5.41) is -0.257. The van der Waals surface area contributed by atoms with E-state index in [4.69, 9.17) is 0 Å². The Labute approximate surface area is 196 Å². The van der Waals surface area contributed by atoms with Gasteiger partial charge in [0.25, 0.3) is 0 Å². The van der Waals surface area contributed by atoms with Crippen LogP contribution >= 0.6 is 0 Å². The van der Waals surface area contributed by atoms with Crippen molar-refractivity contribution < 1.29 is 21.6 Å². The Morgan fingerprint density at radius 2 is 1.64 bits per heavy atom. The smallest absolute Gasteiger partial charge is 0.248 e. The summed E-state index contributed by atoms with van der Waals surface area (Å²) in [6, 6.07) is 5.28. The molecule has 0 radical (unpaired) electrons. The quantitative estimate of drug-likeness (QED) is 0.497. The van der Waals surface area contributed by atoms with E-state index in [0.29, 0.717) is 11.6 Å². The van der Waals surface area contributed by atoms with Crippen LogP contribution < -0.4 is 4.72 Å². The molecule has 4 fully saturated rings. The van der Waals surface area contributed by atoms with Gasteiger partial charge in [0.1, 0.15) is 5.82 Å². The van der Waals surface area contributed by atoms with Gasteiger partial charge in [-0.2, -0.15) is 0 Å². The molecule has 33 heavy (non-hydrogen) atoms. The molecule has 4 nitrogen and oxygen atoms in total. The van der Waals surface area contributed by atoms with Gasteiger partial charge in [-0.05, 0) is 93.0 Å². The summed E-state index contributed by atoms with van der Waals surface area (Å²) in [7, 11) is -3.23. The summed E-state index contributed by atoms with van der Waals surface area (Å²) in [6.45, 7) is 6.14. The molecule has 1 aromatic rings. The molecule has 186 valence electrons. The summed E-state index contributed by atoms with van der Waals surface area (Å²) in [4.78, 5) is 2.61. The van der Waals surface area contributed by atoms with Gasteiger partial charge in [-0.1, -0.05) is 13.3 Å². The average Bonchev–Trinajstić information content (AvgIpc) is 3.69. The molecule has 8 heteroatoms. The summed E-state index contributed by atoms with van der Waals surface area (Å²) in [5.41, 5.74) is 0.415. The Bertz CT molecular complexity index is 867. The molecule has 0 aromatic heterocycles. The predicted octanol–water partition coefficient (Wildman–Crippen LogP) is 5.91. The monoisotopic (exact) mass is 486 g/mol. The highest BCUT2D eigenvalue weighted by molar-refractivity contribution is 7.93. The lowest BCUT2D eigenvalue weighted by Crippen LogP contribution is -2.27. The highest BCUT2D eigenvalue weighted by Crippen LogP contribution is 2.53. The van der Waals surface area contributed by atoms with Crippen LogP contribution in [-0.4, -0.2) is 44.1 Å². The lowest BCUT2D eigenvalue weighted by Gasteiger charge is -2.28. The van der Waals surface area contributed by atoms with Crippen LogP contribution in [-0.2, 0) is 10.0 Å². The van der Waals surface area contributed by atoms with Crippen molar-refractivity contribution in [3.63, 3.8) is 0 Å². The molecular weight excluding hydrogens is 449 g/mol. The zero-order valence-electron chi connectivity index (χ0n) is 19.5. The number of hydrogen-bond acceptors (Lipinski definition) is 3. The van der Waals surface area contributed by atoms with Crippen LogP contribution in [0.25, 0.3) is 0 Å². The summed E-state index contributed by atoms with van der Waals surface area (Å²) in [5.74, 6) is 0.857. The van der Waals surface area contributed by atoms with Crippen molar-refractivity contribution in [3.8, 4) is 0 Å². The molecule has 1 heterocycles. The van der Waals surface area contributed by atoms with E-state index in [-0.39, 0.29) is 23.9 Å². The molecule has 1 saturated heterocycles. The van der Waals surface area contributed by atoms with Crippen molar-refractivity contribution in [3.05, 3.63) is 30.1 Å². The summed E-state index contributed by atoms with van der Waals surface area (Å²) in [6.07, 6.45) is 6.93. The number of sulfonamides is 1. The second-order valence-electron chi connectivity index (χ2n) is 10.5. The number of likely N-dealkylation sites (tertiary alicyclic amines) is 1. The van der Waals surface area contributed by atoms with Crippen molar-refractivity contribution in [2.45, 2.75) is 75.9 Å². The molecule has 0 amide bonds. The lowest BCUT2D eigenvalue weighted by atomic mass is 9.84. The van der Waals surface area contributed by atoms with E-state index in [0.717, 1.165) is 43.4 Å². The topological polar surface area (TPSA) is 49.4 Å². The highest BCUT2D eigenvalue weighted by atomic mass is 32.2. The minimum Gasteiger partial charge on any atom is -0.303 e. The largest absolute Gasteiger partial charge is 0.303 e. The van der Waals surface area contributed by atoms with Crippen molar-refractivity contribution in [1.29, 1.82) is 0 Å². The van der Waals surface area contributed by atoms with Crippen molar-refractivity contribution in [2.24, 2.45) is 23.7 Å². The number of nitrogens with zero attached hydrogens (tertiary/aromatic N) is 1. The fraction of sp³-hybridized carbons (Fsp3) is 0.760. The maximum absolute atomic E-state index is 13.1. The molecule has 0 bridgehead atoms. The first-order chi connectivity index (χ1) is 15.7. The fourth-order valence-corrected chi connectivity index (χ4v) is 7.05. The first kappa shape index (κ1) is 24.8. The number of halogens is 3. The first-order valence-corrected chi connectivity index (χ1v) is 14.1. The van der Waals surface area contributed by atoms with E-state index in [9.17, 15) is 21.6 Å². The summed E-state index contributed by atoms with van der Waals surface area (Å²) < 4.78 is 63.9. The molecule has 4 aliphatic rings. The van der Waals surface area contributed by atoms with Gasteiger partial charge in [-0.3, -0.25) is 4.72 Å². The zero-order valence-corrected chi connectivity index (χ0v) is 20.3. The number of nitrogens with one attached hydrogen (secondary N) is 1. The maximum Gasteiger partial charge on any atom is 0.248 e. The zero-order chi connectivity index (χ0) is 23.6. The van der Waals surface area contributed by atoms with E-state index in [2.05, 4.69) is 16.5 Å². The van der Waals surface area contributed by atoms with Gasteiger partial charge in [0.05, 0.1) is 5.25 Å². The summed E-state index contributed by atoms with van der Waals surface area (Å²) >= 11 is 0. The Morgan fingerprint density at radius 1 is 1.03 bits per heavy atom. The Kier molecular flexibility index (Phi) is 7.63. The fourth-order valence-electron chi connectivity index (χ4n) is 5.66. The van der Waals surface area contributed by atoms with E-state index < -0.39 is 15.9 Å². The van der Waals surface area contributed by atoms with E-state index >= 15 is 0 Å². The minimum atomic E-state index is -3.23. The van der Waals surface area contributed by atoms with Gasteiger partial charge in [0.2, 0.25) is 15.9 Å². The molecule has 3 aliphatic carbocycles. The van der Waals surface area contributed by atoms with Gasteiger partial charge in [-0.15, -0.1) is 0 Å². The highest BCUT2D eigenvalue weighted by Gasteiger charge is 2.53. The number of benzene rings is 1. The molecule has 2 unspecified atom stereocenters.